The Bertz CT molecular complexity index is 1160. The summed E-state index contributed by atoms with van der Waals surface area (Å²) < 4.78 is 10.2. The van der Waals surface area contributed by atoms with E-state index < -0.39 is 47.6 Å². The molecular weight excluding hydrogens is 520 g/mol. The minimum atomic E-state index is -0.986. The van der Waals surface area contributed by atoms with E-state index >= 15 is 0 Å². The van der Waals surface area contributed by atoms with Crippen LogP contribution in [-0.2, 0) is 30.3 Å². The summed E-state index contributed by atoms with van der Waals surface area (Å²) in [5.74, 6) is -0.764. The average molecular weight is 561 g/mol. The summed E-state index contributed by atoms with van der Waals surface area (Å²) in [4.78, 5) is 54.1. The van der Waals surface area contributed by atoms with Crippen LogP contribution in [0.1, 0.15) is 46.6 Å². The van der Waals surface area contributed by atoms with Crippen molar-refractivity contribution in [2.24, 2.45) is 0 Å². The summed E-state index contributed by atoms with van der Waals surface area (Å²) >= 11 is 1.46. The number of carbonyl (C=O) groups excluding carboxylic acids is 4. The van der Waals surface area contributed by atoms with Gasteiger partial charge < -0.3 is 30.4 Å². The smallest absolute Gasteiger partial charge is 0.408 e. The Morgan fingerprint density at radius 2 is 1.74 bits per heavy atom. The molecule has 1 aromatic carbocycles. The monoisotopic (exact) mass is 560 g/mol. The Balaban J connectivity index is 2.06. The number of hydrogen-bond donors (Lipinski definition) is 4. The van der Waals surface area contributed by atoms with Gasteiger partial charge in [0.2, 0.25) is 11.8 Å². The highest BCUT2D eigenvalue weighted by Crippen LogP contribution is 2.19. The van der Waals surface area contributed by atoms with Crippen molar-refractivity contribution in [3.05, 3.63) is 48.2 Å². The van der Waals surface area contributed by atoms with E-state index in [-0.39, 0.29) is 12.2 Å². The minimum absolute atomic E-state index is 0.202. The molecule has 39 heavy (non-hydrogen) atoms. The van der Waals surface area contributed by atoms with Crippen LogP contribution in [-0.4, -0.2) is 71.2 Å². The van der Waals surface area contributed by atoms with Gasteiger partial charge in [0.1, 0.15) is 23.7 Å². The maximum atomic E-state index is 13.1. The zero-order valence-electron chi connectivity index (χ0n) is 23.5. The van der Waals surface area contributed by atoms with Crippen LogP contribution in [0, 0.1) is 0 Å². The van der Waals surface area contributed by atoms with Gasteiger partial charge in [0.05, 0.1) is 7.11 Å². The number of alkyl carbamates (subject to hydrolysis) is 1. The van der Waals surface area contributed by atoms with Gasteiger partial charge >= 0.3 is 12.1 Å². The number of allylic oxidation sites excluding steroid dienone is 1. The Hall–Kier alpha value is -3.47. The molecule has 0 unspecified atom stereocenters. The third kappa shape index (κ3) is 10.7. The van der Waals surface area contributed by atoms with Gasteiger partial charge in [-0.2, -0.15) is 11.8 Å². The van der Waals surface area contributed by atoms with E-state index in [1.54, 1.807) is 27.0 Å². The maximum absolute atomic E-state index is 13.1. The van der Waals surface area contributed by atoms with Crippen LogP contribution in [0.15, 0.2) is 42.6 Å². The van der Waals surface area contributed by atoms with Crippen molar-refractivity contribution in [2.45, 2.75) is 71.2 Å². The molecule has 0 saturated heterocycles. The fourth-order valence-electron chi connectivity index (χ4n) is 3.65. The Labute approximate surface area is 234 Å². The molecule has 1 aromatic heterocycles. The van der Waals surface area contributed by atoms with Gasteiger partial charge in [-0.25, -0.2) is 9.59 Å². The third-order valence-electron chi connectivity index (χ3n) is 5.56. The first-order valence-corrected chi connectivity index (χ1v) is 14.1. The van der Waals surface area contributed by atoms with Crippen LogP contribution < -0.4 is 16.0 Å². The molecule has 0 bridgehead atoms. The molecule has 0 fully saturated rings. The molecule has 10 nitrogen and oxygen atoms in total. The van der Waals surface area contributed by atoms with Crippen molar-refractivity contribution in [3.8, 4) is 0 Å². The molecule has 0 saturated carbocycles. The van der Waals surface area contributed by atoms with Gasteiger partial charge in [-0.3, -0.25) is 9.59 Å². The fourth-order valence-corrected chi connectivity index (χ4v) is 4.53. The Kier molecular flexibility index (Phi) is 12.4. The van der Waals surface area contributed by atoms with Gasteiger partial charge in [-0.1, -0.05) is 37.3 Å². The van der Waals surface area contributed by atoms with Gasteiger partial charge in [0.15, 0.2) is 0 Å². The second-order valence-electron chi connectivity index (χ2n) is 9.99. The second kappa shape index (κ2) is 15.2. The first kappa shape index (κ1) is 31.7. The normalized spacial score (nSPS) is 13.9. The molecule has 3 amide bonds. The lowest BCUT2D eigenvalue weighted by Crippen LogP contribution is -2.56. The van der Waals surface area contributed by atoms with E-state index in [4.69, 9.17) is 9.47 Å². The Morgan fingerprint density at radius 1 is 1.03 bits per heavy atom. The van der Waals surface area contributed by atoms with Crippen LogP contribution >= 0.6 is 11.8 Å². The van der Waals surface area contributed by atoms with E-state index in [0.717, 1.165) is 22.9 Å². The molecule has 11 heteroatoms. The summed E-state index contributed by atoms with van der Waals surface area (Å²) in [7, 11) is 1.25. The third-order valence-corrected chi connectivity index (χ3v) is 6.56. The molecule has 2 aromatic rings. The predicted octanol–water partition coefficient (Wildman–Crippen LogP) is 3.47. The van der Waals surface area contributed by atoms with Crippen LogP contribution in [0.2, 0.25) is 0 Å². The number of aromatic nitrogens is 1. The number of H-pyrrole nitrogens is 1. The molecule has 0 radical (unpaired) electrons. The highest BCUT2D eigenvalue weighted by Gasteiger charge is 2.29. The van der Waals surface area contributed by atoms with Crippen LogP contribution in [0.3, 0.4) is 0 Å². The molecule has 4 N–H and O–H groups in total. The molecule has 0 aliphatic carbocycles. The Morgan fingerprint density at radius 3 is 2.41 bits per heavy atom. The quantitative estimate of drug-likeness (QED) is 0.167. The highest BCUT2D eigenvalue weighted by atomic mass is 32.2. The zero-order chi connectivity index (χ0) is 29.0. The van der Waals surface area contributed by atoms with Crippen molar-refractivity contribution >= 4 is 46.5 Å². The molecular formula is C28H40N4O6S. The largest absolute Gasteiger partial charge is 0.467 e. The molecule has 214 valence electrons. The summed E-state index contributed by atoms with van der Waals surface area (Å²) in [6, 6.07) is 4.76. The second-order valence-corrected chi connectivity index (χ2v) is 11.1. The number of thioether (sulfide) groups is 1. The average Bonchev–Trinajstić information content (AvgIpc) is 3.28. The fraction of sp³-hybridized carbons (Fsp3) is 0.500. The molecule has 2 rings (SSSR count). The van der Waals surface area contributed by atoms with Crippen LogP contribution in [0.4, 0.5) is 4.79 Å². The van der Waals surface area contributed by atoms with Gasteiger partial charge in [0, 0.05) is 35.0 Å². The van der Waals surface area contributed by atoms with E-state index in [1.165, 1.54) is 25.8 Å². The number of hydrogen-bond acceptors (Lipinski definition) is 7. The highest BCUT2D eigenvalue weighted by molar-refractivity contribution is 7.99. The number of para-hydroxylation sites is 1. The number of esters is 1. The lowest BCUT2D eigenvalue weighted by Gasteiger charge is -2.24. The SMILES string of the molecule is CC/C=C/CSC[C@H](NC(=O)OC(C)(C)C)C(=O)N[C@@H](C)C(=O)N[C@@H](Cc1c[nH]c2ccccc12)C(=O)OC. The van der Waals surface area contributed by atoms with Crippen molar-refractivity contribution < 1.29 is 28.7 Å². The van der Waals surface area contributed by atoms with Crippen LogP contribution in [0.25, 0.3) is 10.9 Å². The van der Waals surface area contributed by atoms with Crippen molar-refractivity contribution in [2.75, 3.05) is 18.6 Å². The summed E-state index contributed by atoms with van der Waals surface area (Å²) in [6.07, 6.45) is 6.17. The molecule has 0 aliphatic heterocycles. The standard InChI is InChI=1S/C28H40N4O6S/c1-7-8-11-14-39-17-23(32-27(36)38-28(3,4)5)25(34)30-18(2)24(33)31-22(26(35)37-6)15-19-16-29-21-13-10-9-12-20(19)21/h8-13,16,18,22-23,29H,7,14-15,17H2,1-6H3,(H,30,34)(H,31,33)(H,32,36)/b11-8+/t18-,22-,23-/m0/s1. The molecule has 0 aliphatic rings. The predicted molar refractivity (Wildman–Crippen MR) is 153 cm³/mol. The van der Waals surface area contributed by atoms with Crippen LogP contribution in [0.5, 0.6) is 0 Å². The number of amides is 3. The maximum Gasteiger partial charge on any atom is 0.408 e. The number of aromatic amines is 1. The first-order valence-electron chi connectivity index (χ1n) is 12.9. The van der Waals surface area contributed by atoms with Gasteiger partial charge in [-0.05, 0) is 45.7 Å². The van der Waals surface area contributed by atoms with Gasteiger partial charge in [0.25, 0.3) is 0 Å². The summed E-state index contributed by atoms with van der Waals surface area (Å²) in [5, 5.41) is 8.85. The summed E-state index contributed by atoms with van der Waals surface area (Å²) in [5.41, 5.74) is 1.02. The number of methoxy groups -OCH3 is 1. The number of carbonyl (C=O) groups is 4. The number of fused-ring (bicyclic) bond motifs is 1. The lowest BCUT2D eigenvalue weighted by molar-refractivity contribution is -0.145. The molecule has 3 atom stereocenters. The van der Waals surface area contributed by atoms with Crippen molar-refractivity contribution in [3.63, 3.8) is 0 Å². The van der Waals surface area contributed by atoms with E-state index in [0.29, 0.717) is 5.75 Å². The van der Waals surface area contributed by atoms with Gasteiger partial charge in [-0.15, -0.1) is 0 Å². The topological polar surface area (TPSA) is 139 Å². The van der Waals surface area contributed by atoms with E-state index in [9.17, 15) is 19.2 Å². The molecule has 1 heterocycles. The number of rotatable bonds is 13. The number of nitrogens with one attached hydrogen (secondary N) is 4. The van der Waals surface area contributed by atoms with E-state index in [2.05, 4.69) is 20.9 Å². The van der Waals surface area contributed by atoms with Crippen molar-refractivity contribution in [1.82, 2.24) is 20.9 Å². The lowest BCUT2D eigenvalue weighted by atomic mass is 10.0. The van der Waals surface area contributed by atoms with Crippen molar-refractivity contribution in [1.29, 1.82) is 0 Å². The molecule has 0 spiro atoms. The minimum Gasteiger partial charge on any atom is -0.467 e. The number of benzene rings is 1. The first-order chi connectivity index (χ1) is 18.4. The zero-order valence-corrected chi connectivity index (χ0v) is 24.3. The summed E-state index contributed by atoms with van der Waals surface area (Å²) in [6.45, 7) is 8.72. The van der Waals surface area contributed by atoms with E-state index in [1.807, 2.05) is 43.3 Å². The number of ether oxygens (including phenoxy) is 2.